The molecule has 0 amide bonds. The largest absolute Gasteiger partial charge is 0.378 e. The first-order chi connectivity index (χ1) is 4.83. The molecule has 1 fully saturated rings. The molecule has 0 saturated carbocycles. The van der Waals surface area contributed by atoms with Crippen LogP contribution in [0.25, 0.3) is 0 Å². The Morgan fingerprint density at radius 2 is 2.50 bits per heavy atom. The van der Waals surface area contributed by atoms with Crippen molar-refractivity contribution < 1.29 is 4.74 Å². The summed E-state index contributed by atoms with van der Waals surface area (Å²) in [5, 5.41) is 0. The molecule has 1 aliphatic heterocycles. The molecule has 1 saturated heterocycles. The molecule has 2 unspecified atom stereocenters. The summed E-state index contributed by atoms with van der Waals surface area (Å²) in [4.78, 5) is 0. The zero-order chi connectivity index (χ0) is 7.40. The van der Waals surface area contributed by atoms with E-state index < -0.39 is 0 Å². The van der Waals surface area contributed by atoms with Crippen molar-refractivity contribution in [1.29, 1.82) is 0 Å². The Morgan fingerprint density at radius 3 is 3.10 bits per heavy atom. The van der Waals surface area contributed by atoms with Gasteiger partial charge in [0.15, 0.2) is 0 Å². The van der Waals surface area contributed by atoms with E-state index in [1.54, 1.807) is 0 Å². The fraction of sp³-hybridized carbons (Fsp3) is 0.778. The summed E-state index contributed by atoms with van der Waals surface area (Å²) >= 11 is 0. The van der Waals surface area contributed by atoms with Gasteiger partial charge in [-0.2, -0.15) is 0 Å². The third-order valence-electron chi connectivity index (χ3n) is 2.00. The molecule has 1 aliphatic rings. The molecule has 2 atom stereocenters. The molecule has 1 heterocycles. The predicted octanol–water partition coefficient (Wildman–Crippen LogP) is 1.82. The molecule has 0 aromatic heterocycles. The third kappa shape index (κ3) is 2.04. The minimum Gasteiger partial charge on any atom is -0.378 e. The summed E-state index contributed by atoms with van der Waals surface area (Å²) in [6.45, 7) is 3.01. The Hall–Kier alpha value is -0.480. The summed E-state index contributed by atoms with van der Waals surface area (Å²) in [7, 11) is 0. The van der Waals surface area contributed by atoms with Crippen molar-refractivity contribution in [2.75, 3.05) is 6.61 Å². The van der Waals surface area contributed by atoms with Crippen LogP contribution in [0, 0.1) is 18.3 Å². The van der Waals surface area contributed by atoms with Gasteiger partial charge in [0.2, 0.25) is 0 Å². The molecule has 0 aromatic carbocycles. The van der Waals surface area contributed by atoms with Crippen LogP contribution >= 0.6 is 0 Å². The van der Waals surface area contributed by atoms with E-state index in [0.717, 1.165) is 25.9 Å². The van der Waals surface area contributed by atoms with E-state index in [9.17, 15) is 0 Å². The Bertz CT molecular complexity index is 134. The molecule has 0 aromatic rings. The Balaban J connectivity index is 2.27. The Labute approximate surface area is 62.8 Å². The number of hydrogen-bond donors (Lipinski definition) is 0. The van der Waals surface area contributed by atoms with Gasteiger partial charge < -0.3 is 4.74 Å². The molecular formula is C9H14O. The van der Waals surface area contributed by atoms with Gasteiger partial charge in [0.1, 0.15) is 0 Å². The average molecular weight is 138 g/mol. The van der Waals surface area contributed by atoms with Crippen LogP contribution in [0.5, 0.6) is 0 Å². The molecule has 1 nitrogen and oxygen atoms in total. The second kappa shape index (κ2) is 3.63. The van der Waals surface area contributed by atoms with E-state index in [2.05, 4.69) is 12.8 Å². The zero-order valence-electron chi connectivity index (χ0n) is 6.47. The van der Waals surface area contributed by atoms with Gasteiger partial charge in [-0.15, -0.1) is 12.3 Å². The van der Waals surface area contributed by atoms with E-state index in [1.807, 2.05) is 0 Å². The standard InChI is InChI=1S/C9H14O/c1-3-4-9-5-6-10-8(2)7-9/h1,8-9H,4-7H2,2H3. The summed E-state index contributed by atoms with van der Waals surface area (Å²) in [6, 6.07) is 0. The Morgan fingerprint density at radius 1 is 1.70 bits per heavy atom. The van der Waals surface area contributed by atoms with Gasteiger partial charge in [-0.1, -0.05) is 0 Å². The highest BCUT2D eigenvalue weighted by atomic mass is 16.5. The minimum atomic E-state index is 0.423. The van der Waals surface area contributed by atoms with Crippen LogP contribution < -0.4 is 0 Å². The SMILES string of the molecule is C#CCC1CCOC(C)C1. The first kappa shape index (κ1) is 7.63. The molecule has 0 radical (unpaired) electrons. The molecule has 0 bridgehead atoms. The highest BCUT2D eigenvalue weighted by Gasteiger charge is 2.17. The fourth-order valence-corrected chi connectivity index (χ4v) is 1.44. The highest BCUT2D eigenvalue weighted by Crippen LogP contribution is 2.21. The maximum absolute atomic E-state index is 5.39. The van der Waals surface area contributed by atoms with Crippen LogP contribution in [0.4, 0.5) is 0 Å². The second-order valence-electron chi connectivity index (χ2n) is 2.98. The minimum absolute atomic E-state index is 0.423. The van der Waals surface area contributed by atoms with Gasteiger partial charge in [-0.05, 0) is 25.7 Å². The lowest BCUT2D eigenvalue weighted by atomic mass is 9.93. The van der Waals surface area contributed by atoms with Gasteiger partial charge in [-0.25, -0.2) is 0 Å². The third-order valence-corrected chi connectivity index (χ3v) is 2.00. The van der Waals surface area contributed by atoms with Crippen molar-refractivity contribution in [2.45, 2.75) is 32.3 Å². The van der Waals surface area contributed by atoms with E-state index in [-0.39, 0.29) is 0 Å². The van der Waals surface area contributed by atoms with Crippen molar-refractivity contribution >= 4 is 0 Å². The van der Waals surface area contributed by atoms with Crippen LogP contribution in [0.2, 0.25) is 0 Å². The van der Waals surface area contributed by atoms with Crippen molar-refractivity contribution in [1.82, 2.24) is 0 Å². The first-order valence-electron chi connectivity index (χ1n) is 3.88. The number of hydrogen-bond acceptors (Lipinski definition) is 1. The number of terminal acetylenes is 1. The van der Waals surface area contributed by atoms with Crippen molar-refractivity contribution in [3.63, 3.8) is 0 Å². The topological polar surface area (TPSA) is 9.23 Å². The smallest absolute Gasteiger partial charge is 0.0550 e. The van der Waals surface area contributed by atoms with Crippen molar-refractivity contribution in [3.8, 4) is 12.3 Å². The van der Waals surface area contributed by atoms with Gasteiger partial charge >= 0.3 is 0 Å². The molecule has 0 N–H and O–H groups in total. The van der Waals surface area contributed by atoms with Gasteiger partial charge in [0, 0.05) is 13.0 Å². The lowest BCUT2D eigenvalue weighted by molar-refractivity contribution is 0.00387. The number of ether oxygens (including phenoxy) is 1. The zero-order valence-corrected chi connectivity index (χ0v) is 6.47. The molecule has 1 heteroatoms. The van der Waals surface area contributed by atoms with E-state index in [0.29, 0.717) is 12.0 Å². The summed E-state index contributed by atoms with van der Waals surface area (Å²) in [5.74, 6) is 3.42. The molecule has 1 rings (SSSR count). The summed E-state index contributed by atoms with van der Waals surface area (Å²) < 4.78 is 5.39. The fourth-order valence-electron chi connectivity index (χ4n) is 1.44. The van der Waals surface area contributed by atoms with Gasteiger partial charge in [-0.3, -0.25) is 0 Å². The summed E-state index contributed by atoms with van der Waals surface area (Å²) in [6.07, 6.45) is 8.85. The van der Waals surface area contributed by atoms with Crippen LogP contribution in [0.3, 0.4) is 0 Å². The van der Waals surface area contributed by atoms with E-state index in [1.165, 1.54) is 0 Å². The quantitative estimate of drug-likeness (QED) is 0.502. The maximum Gasteiger partial charge on any atom is 0.0550 e. The first-order valence-corrected chi connectivity index (χ1v) is 3.88. The van der Waals surface area contributed by atoms with Gasteiger partial charge in [0.25, 0.3) is 0 Å². The van der Waals surface area contributed by atoms with Crippen LogP contribution in [-0.2, 0) is 4.74 Å². The lowest BCUT2D eigenvalue weighted by Crippen LogP contribution is -2.22. The maximum atomic E-state index is 5.39. The van der Waals surface area contributed by atoms with Crippen molar-refractivity contribution in [2.24, 2.45) is 5.92 Å². The van der Waals surface area contributed by atoms with Crippen molar-refractivity contribution in [3.05, 3.63) is 0 Å². The highest BCUT2D eigenvalue weighted by molar-refractivity contribution is 4.88. The van der Waals surface area contributed by atoms with Crippen LogP contribution in [-0.4, -0.2) is 12.7 Å². The second-order valence-corrected chi connectivity index (χ2v) is 2.98. The van der Waals surface area contributed by atoms with E-state index >= 15 is 0 Å². The molecular weight excluding hydrogens is 124 g/mol. The van der Waals surface area contributed by atoms with Crippen LogP contribution in [0.15, 0.2) is 0 Å². The molecule has 56 valence electrons. The van der Waals surface area contributed by atoms with Crippen LogP contribution in [0.1, 0.15) is 26.2 Å². The lowest BCUT2D eigenvalue weighted by Gasteiger charge is -2.25. The molecule has 10 heavy (non-hydrogen) atoms. The molecule has 0 aliphatic carbocycles. The normalized spacial score (nSPS) is 33.2. The Kier molecular flexibility index (Phi) is 2.77. The summed E-state index contributed by atoms with van der Waals surface area (Å²) in [5.41, 5.74) is 0. The molecule has 0 spiro atoms. The predicted molar refractivity (Wildman–Crippen MR) is 41.6 cm³/mol. The van der Waals surface area contributed by atoms with Gasteiger partial charge in [0.05, 0.1) is 6.10 Å². The monoisotopic (exact) mass is 138 g/mol. The van der Waals surface area contributed by atoms with E-state index in [4.69, 9.17) is 11.2 Å². The number of rotatable bonds is 1. The average Bonchev–Trinajstić information content (AvgIpc) is 1.88.